The molecule has 1 aliphatic rings. The zero-order valence-corrected chi connectivity index (χ0v) is 14.4. The largest absolute Gasteiger partial charge is 0.376 e. The van der Waals surface area contributed by atoms with E-state index >= 15 is 0 Å². The highest BCUT2D eigenvalue weighted by molar-refractivity contribution is 7.99. The minimum Gasteiger partial charge on any atom is -0.376 e. The number of carbonyl (C=O) groups excluding carboxylic acids is 1. The Hall–Kier alpha value is -1.59. The number of hydrogen-bond donors (Lipinski definition) is 1. The SMILES string of the molecule is Cc1ccc2nc(SCC(=O)NCC3CCCO3)c(C)cc2c1. The van der Waals surface area contributed by atoms with Crippen LogP contribution in [0.5, 0.6) is 0 Å². The maximum Gasteiger partial charge on any atom is 0.230 e. The zero-order chi connectivity index (χ0) is 16.2. The van der Waals surface area contributed by atoms with Crippen LogP contribution in [0.4, 0.5) is 0 Å². The lowest BCUT2D eigenvalue weighted by Gasteiger charge is -2.11. The Labute approximate surface area is 141 Å². The number of nitrogens with one attached hydrogen (secondary N) is 1. The summed E-state index contributed by atoms with van der Waals surface area (Å²) in [6, 6.07) is 8.37. The molecule has 1 aliphatic heterocycles. The summed E-state index contributed by atoms with van der Waals surface area (Å²) in [5.41, 5.74) is 3.32. The third-order valence-corrected chi connectivity index (χ3v) is 5.10. The topological polar surface area (TPSA) is 51.2 Å². The van der Waals surface area contributed by atoms with E-state index in [4.69, 9.17) is 4.74 Å². The number of benzene rings is 1. The van der Waals surface area contributed by atoms with Crippen LogP contribution in [0, 0.1) is 13.8 Å². The quantitative estimate of drug-likeness (QED) is 0.855. The maximum atomic E-state index is 12.0. The fraction of sp³-hybridized carbons (Fsp3) is 0.444. The minimum atomic E-state index is 0.0377. The summed E-state index contributed by atoms with van der Waals surface area (Å²) in [5.74, 6) is 0.425. The van der Waals surface area contributed by atoms with Crippen molar-refractivity contribution >= 4 is 28.6 Å². The molecule has 1 aromatic carbocycles. The first-order chi connectivity index (χ1) is 11.1. The van der Waals surface area contributed by atoms with Crippen LogP contribution in [0.1, 0.15) is 24.0 Å². The summed E-state index contributed by atoms with van der Waals surface area (Å²) in [4.78, 5) is 16.7. The number of ether oxygens (including phenoxy) is 1. The number of fused-ring (bicyclic) bond motifs is 1. The molecular formula is C18H22N2O2S. The van der Waals surface area contributed by atoms with Gasteiger partial charge in [0.05, 0.1) is 17.4 Å². The smallest absolute Gasteiger partial charge is 0.230 e. The van der Waals surface area contributed by atoms with Crippen LogP contribution in [0.2, 0.25) is 0 Å². The van der Waals surface area contributed by atoms with Gasteiger partial charge in [0.1, 0.15) is 5.03 Å². The fourth-order valence-electron chi connectivity index (χ4n) is 2.75. The van der Waals surface area contributed by atoms with Gasteiger partial charge in [0.25, 0.3) is 0 Å². The summed E-state index contributed by atoms with van der Waals surface area (Å²) in [6.07, 6.45) is 2.32. The van der Waals surface area contributed by atoms with Crippen molar-refractivity contribution in [1.82, 2.24) is 10.3 Å². The molecule has 2 heterocycles. The van der Waals surface area contributed by atoms with Gasteiger partial charge < -0.3 is 10.1 Å². The maximum absolute atomic E-state index is 12.0. The van der Waals surface area contributed by atoms with E-state index in [1.54, 1.807) is 0 Å². The average Bonchev–Trinajstić information content (AvgIpc) is 3.04. The predicted molar refractivity (Wildman–Crippen MR) is 93.9 cm³/mol. The molecule has 2 aromatic rings. The molecule has 1 amide bonds. The second-order valence-electron chi connectivity index (χ2n) is 6.03. The van der Waals surface area contributed by atoms with Crippen molar-refractivity contribution in [1.29, 1.82) is 0 Å². The molecule has 3 rings (SSSR count). The molecule has 0 spiro atoms. The standard InChI is InChI=1S/C18H22N2O2S/c1-12-5-6-16-14(8-12)9-13(2)18(20-16)23-11-17(21)19-10-15-4-3-7-22-15/h5-6,8-9,15H,3-4,7,10-11H2,1-2H3,(H,19,21). The summed E-state index contributed by atoms with van der Waals surface area (Å²) >= 11 is 1.49. The molecule has 1 unspecified atom stereocenters. The first-order valence-electron chi connectivity index (χ1n) is 8.01. The second-order valence-corrected chi connectivity index (χ2v) is 7.00. The van der Waals surface area contributed by atoms with Gasteiger partial charge >= 0.3 is 0 Å². The molecule has 1 atom stereocenters. The number of amides is 1. The van der Waals surface area contributed by atoms with E-state index in [0.717, 1.165) is 40.9 Å². The molecule has 1 saturated heterocycles. The molecular weight excluding hydrogens is 308 g/mol. The molecule has 23 heavy (non-hydrogen) atoms. The Kier molecular flexibility index (Phi) is 5.18. The molecule has 0 saturated carbocycles. The fourth-order valence-corrected chi connectivity index (χ4v) is 3.57. The number of carbonyl (C=O) groups is 1. The Bertz CT molecular complexity index is 711. The van der Waals surface area contributed by atoms with Crippen LogP contribution in [0.25, 0.3) is 10.9 Å². The van der Waals surface area contributed by atoms with E-state index in [0.29, 0.717) is 12.3 Å². The van der Waals surface area contributed by atoms with Gasteiger partial charge in [-0.05, 0) is 50.5 Å². The molecule has 0 bridgehead atoms. The Morgan fingerprint density at radius 1 is 1.39 bits per heavy atom. The molecule has 5 heteroatoms. The molecule has 0 aliphatic carbocycles. The Balaban J connectivity index is 1.58. The van der Waals surface area contributed by atoms with Crippen LogP contribution in [-0.4, -0.2) is 35.9 Å². The average molecular weight is 330 g/mol. The van der Waals surface area contributed by atoms with Gasteiger partial charge in [0, 0.05) is 18.5 Å². The Morgan fingerprint density at radius 3 is 3.04 bits per heavy atom. The van der Waals surface area contributed by atoms with Crippen molar-refractivity contribution in [2.45, 2.75) is 37.8 Å². The van der Waals surface area contributed by atoms with E-state index in [9.17, 15) is 4.79 Å². The van der Waals surface area contributed by atoms with Gasteiger partial charge in [-0.15, -0.1) is 0 Å². The Morgan fingerprint density at radius 2 is 2.26 bits per heavy atom. The first kappa shape index (κ1) is 16.3. The summed E-state index contributed by atoms with van der Waals surface area (Å²) in [5, 5.41) is 5.02. The van der Waals surface area contributed by atoms with Gasteiger partial charge in [-0.1, -0.05) is 23.4 Å². The van der Waals surface area contributed by atoms with Gasteiger partial charge in [-0.25, -0.2) is 4.98 Å². The number of nitrogens with zero attached hydrogens (tertiary/aromatic N) is 1. The highest BCUT2D eigenvalue weighted by atomic mass is 32.2. The van der Waals surface area contributed by atoms with E-state index in [-0.39, 0.29) is 12.0 Å². The van der Waals surface area contributed by atoms with Crippen molar-refractivity contribution in [3.8, 4) is 0 Å². The number of thioether (sulfide) groups is 1. The highest BCUT2D eigenvalue weighted by Gasteiger charge is 2.16. The number of aromatic nitrogens is 1. The lowest BCUT2D eigenvalue weighted by atomic mass is 10.1. The van der Waals surface area contributed by atoms with Gasteiger partial charge in [0.15, 0.2) is 0 Å². The predicted octanol–water partition coefficient (Wildman–Crippen LogP) is 3.24. The van der Waals surface area contributed by atoms with Gasteiger partial charge in [-0.2, -0.15) is 0 Å². The molecule has 1 fully saturated rings. The lowest BCUT2D eigenvalue weighted by Crippen LogP contribution is -2.32. The molecule has 1 aromatic heterocycles. The van der Waals surface area contributed by atoms with Crippen molar-refractivity contribution in [3.05, 3.63) is 35.4 Å². The summed E-state index contributed by atoms with van der Waals surface area (Å²) in [6.45, 7) is 5.55. The second kappa shape index (κ2) is 7.32. The van der Waals surface area contributed by atoms with Gasteiger partial charge in [0.2, 0.25) is 5.91 Å². The van der Waals surface area contributed by atoms with Crippen LogP contribution < -0.4 is 5.32 Å². The van der Waals surface area contributed by atoms with E-state index in [2.05, 4.69) is 35.4 Å². The van der Waals surface area contributed by atoms with E-state index in [1.807, 2.05) is 13.0 Å². The molecule has 122 valence electrons. The van der Waals surface area contributed by atoms with Crippen molar-refractivity contribution in [2.75, 3.05) is 18.9 Å². The third kappa shape index (κ3) is 4.24. The van der Waals surface area contributed by atoms with E-state index in [1.165, 1.54) is 17.3 Å². The molecule has 1 N–H and O–H groups in total. The van der Waals surface area contributed by atoms with Crippen molar-refractivity contribution in [3.63, 3.8) is 0 Å². The number of rotatable bonds is 5. The monoisotopic (exact) mass is 330 g/mol. The van der Waals surface area contributed by atoms with Crippen LogP contribution >= 0.6 is 11.8 Å². The van der Waals surface area contributed by atoms with Gasteiger partial charge in [-0.3, -0.25) is 4.79 Å². The number of hydrogen-bond acceptors (Lipinski definition) is 4. The normalized spacial score (nSPS) is 17.6. The highest BCUT2D eigenvalue weighted by Crippen LogP contribution is 2.25. The van der Waals surface area contributed by atoms with Crippen molar-refractivity contribution < 1.29 is 9.53 Å². The van der Waals surface area contributed by atoms with Crippen molar-refractivity contribution in [2.24, 2.45) is 0 Å². The molecule has 4 nitrogen and oxygen atoms in total. The number of aryl methyl sites for hydroxylation is 2. The first-order valence-corrected chi connectivity index (χ1v) is 8.99. The summed E-state index contributed by atoms with van der Waals surface area (Å²) in [7, 11) is 0. The van der Waals surface area contributed by atoms with Crippen LogP contribution in [0.15, 0.2) is 29.3 Å². The summed E-state index contributed by atoms with van der Waals surface area (Å²) < 4.78 is 5.51. The van der Waals surface area contributed by atoms with E-state index < -0.39 is 0 Å². The van der Waals surface area contributed by atoms with Crippen LogP contribution in [0.3, 0.4) is 0 Å². The zero-order valence-electron chi connectivity index (χ0n) is 13.6. The lowest BCUT2D eigenvalue weighted by molar-refractivity contribution is -0.119. The van der Waals surface area contributed by atoms with Crippen LogP contribution in [-0.2, 0) is 9.53 Å². The molecule has 0 radical (unpaired) electrons. The third-order valence-electron chi connectivity index (χ3n) is 4.01. The minimum absolute atomic E-state index is 0.0377. The number of pyridine rings is 1.